The molecule has 2 aromatic rings. The second-order valence-electron chi connectivity index (χ2n) is 6.07. The summed E-state index contributed by atoms with van der Waals surface area (Å²) in [5, 5.41) is 6.02. The first-order chi connectivity index (χ1) is 10.8. The molecule has 122 valence electrons. The highest BCUT2D eigenvalue weighted by molar-refractivity contribution is 9.10. The summed E-state index contributed by atoms with van der Waals surface area (Å²) in [6.45, 7) is 6.13. The molecule has 0 unspecified atom stereocenters. The Morgan fingerprint density at radius 3 is 2.65 bits per heavy atom. The summed E-state index contributed by atoms with van der Waals surface area (Å²) in [6, 6.07) is 9.48. The number of hydrogen-bond donors (Lipinski definition) is 2. The zero-order valence-electron chi connectivity index (χ0n) is 13.4. The first kappa shape index (κ1) is 17.3. The quantitative estimate of drug-likeness (QED) is 0.802. The van der Waals surface area contributed by atoms with E-state index in [2.05, 4.69) is 31.5 Å². The molecule has 0 aliphatic heterocycles. The zero-order valence-corrected chi connectivity index (χ0v) is 15.0. The minimum Gasteiger partial charge on any atom is -0.444 e. The number of aromatic nitrogens is 1. The number of ether oxygens (including phenoxy) is 1. The number of nitrogens with one attached hydrogen (secondary N) is 2. The van der Waals surface area contributed by atoms with Crippen LogP contribution in [0.2, 0.25) is 0 Å². The average Bonchev–Trinajstić information content (AvgIpc) is 2.43. The second kappa shape index (κ2) is 7.46. The van der Waals surface area contributed by atoms with E-state index in [-0.39, 0.29) is 0 Å². The molecule has 0 aliphatic rings. The minimum atomic E-state index is -0.520. The molecular weight excluding hydrogens is 358 g/mol. The number of hydrogen-bond acceptors (Lipinski definition) is 4. The molecule has 0 aliphatic carbocycles. The molecule has 0 saturated carbocycles. The summed E-state index contributed by atoms with van der Waals surface area (Å²) in [5.41, 5.74) is 2.12. The Morgan fingerprint density at radius 1 is 1.22 bits per heavy atom. The fraction of sp³-hybridized carbons (Fsp3) is 0.294. The lowest BCUT2D eigenvalue weighted by Gasteiger charge is -2.19. The maximum atomic E-state index is 11.8. The van der Waals surface area contributed by atoms with E-state index in [0.29, 0.717) is 12.2 Å². The van der Waals surface area contributed by atoms with Gasteiger partial charge in [0.2, 0.25) is 0 Å². The van der Waals surface area contributed by atoms with Crippen LogP contribution < -0.4 is 10.6 Å². The molecule has 1 heterocycles. The van der Waals surface area contributed by atoms with Crippen molar-refractivity contribution in [3.63, 3.8) is 0 Å². The van der Waals surface area contributed by atoms with Crippen LogP contribution in [0, 0.1) is 0 Å². The lowest BCUT2D eigenvalue weighted by Crippen LogP contribution is -2.27. The van der Waals surface area contributed by atoms with E-state index < -0.39 is 11.7 Å². The van der Waals surface area contributed by atoms with Crippen LogP contribution in [0.4, 0.5) is 16.2 Å². The van der Waals surface area contributed by atoms with Gasteiger partial charge in [-0.25, -0.2) is 4.79 Å². The summed E-state index contributed by atoms with van der Waals surface area (Å²) in [7, 11) is 0. The number of carbonyl (C=O) groups is 1. The summed E-state index contributed by atoms with van der Waals surface area (Å²) in [6.07, 6.45) is 3.08. The minimum absolute atomic E-state index is 0.467. The van der Waals surface area contributed by atoms with Crippen molar-refractivity contribution in [3.8, 4) is 0 Å². The summed E-state index contributed by atoms with van der Waals surface area (Å²) in [5.74, 6) is 0. The first-order valence-electron chi connectivity index (χ1n) is 7.25. The standard InChI is InChI=1S/C17H20BrN3O2/c1-17(2,3)23-16(22)21-15-6-4-5-14(8-15)20-10-12-7-13(18)11-19-9-12/h4-9,11,20H,10H2,1-3H3,(H,21,22). The Balaban J connectivity index is 1.95. The monoisotopic (exact) mass is 377 g/mol. The number of carbonyl (C=O) groups excluding carboxylic acids is 1. The Hall–Kier alpha value is -2.08. The van der Waals surface area contributed by atoms with Gasteiger partial charge in [-0.15, -0.1) is 0 Å². The predicted molar refractivity (Wildman–Crippen MR) is 95.6 cm³/mol. The van der Waals surface area contributed by atoms with Gasteiger partial charge in [-0.1, -0.05) is 6.07 Å². The van der Waals surface area contributed by atoms with Crippen LogP contribution >= 0.6 is 15.9 Å². The molecule has 0 atom stereocenters. The van der Waals surface area contributed by atoms with Gasteiger partial charge in [-0.05, 0) is 66.5 Å². The third-order valence-electron chi connectivity index (χ3n) is 2.77. The van der Waals surface area contributed by atoms with Gasteiger partial charge in [0.1, 0.15) is 5.60 Å². The Kier molecular flexibility index (Phi) is 5.60. The molecule has 2 rings (SSSR count). The zero-order chi connectivity index (χ0) is 16.9. The van der Waals surface area contributed by atoms with E-state index in [1.807, 2.05) is 51.1 Å². The third kappa shape index (κ3) is 6.28. The number of anilines is 2. The molecule has 1 aromatic carbocycles. The number of benzene rings is 1. The van der Waals surface area contributed by atoms with Crippen LogP contribution in [0.25, 0.3) is 0 Å². The molecule has 0 saturated heterocycles. The van der Waals surface area contributed by atoms with Gasteiger partial charge in [0.05, 0.1) is 0 Å². The first-order valence-corrected chi connectivity index (χ1v) is 8.04. The van der Waals surface area contributed by atoms with Crippen molar-refractivity contribution in [3.05, 3.63) is 52.8 Å². The van der Waals surface area contributed by atoms with Crippen LogP contribution in [0.3, 0.4) is 0 Å². The van der Waals surface area contributed by atoms with E-state index in [0.717, 1.165) is 15.7 Å². The van der Waals surface area contributed by atoms with Gasteiger partial charge in [0, 0.05) is 34.8 Å². The van der Waals surface area contributed by atoms with E-state index in [9.17, 15) is 4.79 Å². The Labute approximate surface area is 144 Å². The molecule has 6 heteroatoms. The van der Waals surface area contributed by atoms with Crippen molar-refractivity contribution in [2.45, 2.75) is 32.9 Å². The number of nitrogens with zero attached hydrogens (tertiary/aromatic N) is 1. The van der Waals surface area contributed by atoms with Gasteiger partial charge < -0.3 is 10.1 Å². The number of pyridine rings is 1. The fourth-order valence-corrected chi connectivity index (χ4v) is 2.30. The van der Waals surface area contributed by atoms with Crippen LogP contribution in [-0.4, -0.2) is 16.7 Å². The van der Waals surface area contributed by atoms with Crippen molar-refractivity contribution >= 4 is 33.4 Å². The maximum Gasteiger partial charge on any atom is 0.412 e. The topological polar surface area (TPSA) is 63.2 Å². The normalized spacial score (nSPS) is 11.0. The van der Waals surface area contributed by atoms with Crippen molar-refractivity contribution < 1.29 is 9.53 Å². The van der Waals surface area contributed by atoms with E-state index >= 15 is 0 Å². The molecule has 1 amide bonds. The Morgan fingerprint density at radius 2 is 1.96 bits per heavy atom. The largest absolute Gasteiger partial charge is 0.444 e. The molecule has 2 N–H and O–H groups in total. The molecule has 1 aromatic heterocycles. The third-order valence-corrected chi connectivity index (χ3v) is 3.20. The highest BCUT2D eigenvalue weighted by Gasteiger charge is 2.16. The second-order valence-corrected chi connectivity index (χ2v) is 6.99. The van der Waals surface area contributed by atoms with Crippen LogP contribution in [0.5, 0.6) is 0 Å². The summed E-state index contributed by atoms with van der Waals surface area (Å²) in [4.78, 5) is 15.9. The van der Waals surface area contributed by atoms with Gasteiger partial charge in [0.25, 0.3) is 0 Å². The highest BCUT2D eigenvalue weighted by atomic mass is 79.9. The van der Waals surface area contributed by atoms with E-state index in [4.69, 9.17) is 4.74 Å². The SMILES string of the molecule is CC(C)(C)OC(=O)Nc1cccc(NCc2cncc(Br)c2)c1. The van der Waals surface area contributed by atoms with Crippen molar-refractivity contribution in [1.82, 2.24) is 4.98 Å². The smallest absolute Gasteiger partial charge is 0.412 e. The molecule has 0 bridgehead atoms. The number of rotatable bonds is 4. The highest BCUT2D eigenvalue weighted by Crippen LogP contribution is 2.18. The Bertz CT molecular complexity index is 684. The van der Waals surface area contributed by atoms with E-state index in [1.165, 1.54) is 0 Å². The molecule has 23 heavy (non-hydrogen) atoms. The molecular formula is C17H20BrN3O2. The maximum absolute atomic E-state index is 11.8. The van der Waals surface area contributed by atoms with Gasteiger partial charge in [-0.3, -0.25) is 10.3 Å². The van der Waals surface area contributed by atoms with Crippen molar-refractivity contribution in [2.75, 3.05) is 10.6 Å². The fourth-order valence-electron chi connectivity index (χ4n) is 1.89. The van der Waals surface area contributed by atoms with Gasteiger partial charge in [0.15, 0.2) is 0 Å². The molecule has 5 nitrogen and oxygen atoms in total. The van der Waals surface area contributed by atoms with E-state index in [1.54, 1.807) is 12.4 Å². The molecule has 0 radical (unpaired) electrons. The van der Waals surface area contributed by atoms with Gasteiger partial charge >= 0.3 is 6.09 Å². The lowest BCUT2D eigenvalue weighted by atomic mass is 10.2. The summed E-state index contributed by atoms with van der Waals surface area (Å²) < 4.78 is 6.18. The van der Waals surface area contributed by atoms with Crippen LogP contribution in [-0.2, 0) is 11.3 Å². The average molecular weight is 378 g/mol. The molecule has 0 fully saturated rings. The van der Waals surface area contributed by atoms with Crippen molar-refractivity contribution in [1.29, 1.82) is 0 Å². The number of halogens is 1. The van der Waals surface area contributed by atoms with Crippen LogP contribution in [0.1, 0.15) is 26.3 Å². The predicted octanol–water partition coefficient (Wildman–Crippen LogP) is 4.80. The van der Waals surface area contributed by atoms with Gasteiger partial charge in [-0.2, -0.15) is 0 Å². The summed E-state index contributed by atoms with van der Waals surface area (Å²) >= 11 is 3.40. The van der Waals surface area contributed by atoms with Crippen molar-refractivity contribution in [2.24, 2.45) is 0 Å². The molecule has 0 spiro atoms. The number of amides is 1. The van der Waals surface area contributed by atoms with Crippen LogP contribution in [0.15, 0.2) is 47.2 Å². The lowest BCUT2D eigenvalue weighted by molar-refractivity contribution is 0.0636.